The van der Waals surface area contributed by atoms with Gasteiger partial charge in [-0.1, -0.05) is 6.07 Å². The minimum atomic E-state index is -5.08. The van der Waals surface area contributed by atoms with Crippen molar-refractivity contribution in [3.8, 4) is 0 Å². The zero-order chi connectivity index (χ0) is 21.8. The number of pyridine rings is 1. The Morgan fingerprint density at radius 3 is 2.70 bits per heavy atom. The molecule has 3 aliphatic heterocycles. The Labute approximate surface area is 175 Å². The minimum Gasteiger partial charge on any atom is -0.475 e. The second kappa shape index (κ2) is 9.52. The van der Waals surface area contributed by atoms with E-state index in [1.165, 1.54) is 0 Å². The number of rotatable bonds is 4. The van der Waals surface area contributed by atoms with E-state index in [-0.39, 0.29) is 22.7 Å². The third-order valence-electron chi connectivity index (χ3n) is 5.17. The monoisotopic (exact) mass is 448 g/mol. The Balaban J connectivity index is 0.000000318. The van der Waals surface area contributed by atoms with Crippen molar-refractivity contribution in [1.29, 1.82) is 0 Å². The molecule has 1 N–H and O–H groups in total. The summed E-state index contributed by atoms with van der Waals surface area (Å²) >= 11 is 1.97. The first-order chi connectivity index (χ1) is 14.2. The molecule has 166 valence electrons. The number of ether oxygens (including phenoxy) is 2. The Hall–Kier alpha value is -1.85. The number of alkyl halides is 3. The van der Waals surface area contributed by atoms with Crippen LogP contribution in [0.3, 0.4) is 0 Å². The lowest BCUT2D eigenvalue weighted by molar-refractivity contribution is -0.192. The number of carboxylic acid groups (broad SMARTS) is 1. The molecule has 4 rings (SSSR count). The van der Waals surface area contributed by atoms with E-state index in [0.717, 1.165) is 43.9 Å². The van der Waals surface area contributed by atoms with Gasteiger partial charge in [0.2, 0.25) is 5.91 Å². The molecule has 0 bridgehead atoms. The molecular weight excluding hydrogens is 425 g/mol. The van der Waals surface area contributed by atoms with Crippen molar-refractivity contribution in [2.75, 3.05) is 32.1 Å². The average molecular weight is 448 g/mol. The molecule has 1 aromatic heterocycles. The largest absolute Gasteiger partial charge is 0.490 e. The summed E-state index contributed by atoms with van der Waals surface area (Å²) in [6.07, 6.45) is 0.756. The molecule has 4 heterocycles. The van der Waals surface area contributed by atoms with Crippen LogP contribution in [-0.4, -0.2) is 76.0 Å². The van der Waals surface area contributed by atoms with Gasteiger partial charge < -0.3 is 19.5 Å². The first kappa shape index (κ1) is 22.8. The van der Waals surface area contributed by atoms with Gasteiger partial charge in [0, 0.05) is 37.8 Å². The van der Waals surface area contributed by atoms with E-state index in [2.05, 4.69) is 4.98 Å². The molecule has 1 aromatic rings. The van der Waals surface area contributed by atoms with Crippen LogP contribution in [0.25, 0.3) is 0 Å². The molecule has 0 radical (unpaired) electrons. The normalized spacial score (nSPS) is 24.8. The quantitative estimate of drug-likeness (QED) is 0.756. The van der Waals surface area contributed by atoms with E-state index in [1.807, 2.05) is 35.0 Å². The van der Waals surface area contributed by atoms with Gasteiger partial charge in [-0.15, -0.1) is 11.8 Å². The van der Waals surface area contributed by atoms with Gasteiger partial charge in [0.15, 0.2) is 0 Å². The van der Waals surface area contributed by atoms with Gasteiger partial charge in [0.25, 0.3) is 0 Å². The van der Waals surface area contributed by atoms with Crippen LogP contribution in [0.15, 0.2) is 24.5 Å². The van der Waals surface area contributed by atoms with E-state index in [1.54, 1.807) is 6.20 Å². The fourth-order valence-electron chi connectivity index (χ4n) is 3.62. The van der Waals surface area contributed by atoms with Crippen molar-refractivity contribution in [2.45, 2.75) is 36.5 Å². The highest BCUT2D eigenvalue weighted by Gasteiger charge is 2.51. The zero-order valence-electron chi connectivity index (χ0n) is 16.1. The molecule has 1 amide bonds. The third kappa shape index (κ3) is 5.86. The van der Waals surface area contributed by atoms with Crippen LogP contribution in [0.2, 0.25) is 0 Å². The van der Waals surface area contributed by atoms with E-state index in [9.17, 15) is 18.0 Å². The lowest BCUT2D eigenvalue weighted by Gasteiger charge is -2.48. The van der Waals surface area contributed by atoms with Crippen molar-refractivity contribution in [3.63, 3.8) is 0 Å². The van der Waals surface area contributed by atoms with Gasteiger partial charge in [-0.25, -0.2) is 4.79 Å². The Bertz CT molecular complexity index is 737. The fraction of sp³-hybridized carbons (Fsp3) is 0.632. The van der Waals surface area contributed by atoms with Crippen molar-refractivity contribution in [3.05, 3.63) is 30.1 Å². The summed E-state index contributed by atoms with van der Waals surface area (Å²) in [6, 6.07) is 3.98. The maximum Gasteiger partial charge on any atom is 0.490 e. The first-order valence-electron chi connectivity index (χ1n) is 9.50. The van der Waals surface area contributed by atoms with Gasteiger partial charge >= 0.3 is 12.1 Å². The number of carbonyl (C=O) groups is 2. The molecule has 0 aliphatic carbocycles. The number of likely N-dealkylation sites (tertiary alicyclic amines) is 1. The van der Waals surface area contributed by atoms with Crippen LogP contribution < -0.4 is 0 Å². The molecule has 3 aliphatic rings. The van der Waals surface area contributed by atoms with Gasteiger partial charge in [-0.2, -0.15) is 13.2 Å². The van der Waals surface area contributed by atoms with Crippen LogP contribution >= 0.6 is 11.8 Å². The zero-order valence-corrected chi connectivity index (χ0v) is 17.0. The van der Waals surface area contributed by atoms with E-state index >= 15 is 0 Å². The molecule has 3 saturated heterocycles. The Kier molecular flexibility index (Phi) is 7.25. The Morgan fingerprint density at radius 1 is 1.40 bits per heavy atom. The molecule has 2 unspecified atom stereocenters. The standard InChI is InChI=1S/C17H22N2O3S.C2HF3O2/c20-16(14-3-5-21-9-14)19-11-17(12-19)6-15(10-23-17)22-8-13-2-1-4-18-7-13;3-2(4,5)1(6)7/h1-2,4,7,14-15H,3,5-6,8-12H2;(H,6,7). The third-order valence-corrected chi connectivity index (χ3v) is 6.75. The maximum absolute atomic E-state index is 12.4. The topological polar surface area (TPSA) is 89.0 Å². The van der Waals surface area contributed by atoms with Gasteiger partial charge in [-0.05, 0) is 24.5 Å². The second-order valence-electron chi connectivity index (χ2n) is 7.55. The molecule has 0 aromatic carbocycles. The molecule has 2 atom stereocenters. The number of halogens is 3. The number of carbonyl (C=O) groups excluding carboxylic acids is 1. The van der Waals surface area contributed by atoms with Crippen LogP contribution in [0.4, 0.5) is 13.2 Å². The summed E-state index contributed by atoms with van der Waals surface area (Å²) in [7, 11) is 0. The average Bonchev–Trinajstić information content (AvgIpc) is 3.35. The van der Waals surface area contributed by atoms with Gasteiger partial charge in [0.1, 0.15) is 0 Å². The summed E-state index contributed by atoms with van der Waals surface area (Å²) in [5.74, 6) is -1.35. The number of thioether (sulfide) groups is 1. The number of hydrogen-bond acceptors (Lipinski definition) is 6. The minimum absolute atomic E-state index is 0.0939. The molecule has 30 heavy (non-hydrogen) atoms. The predicted octanol–water partition coefficient (Wildman–Crippen LogP) is 2.35. The highest BCUT2D eigenvalue weighted by atomic mass is 32.2. The lowest BCUT2D eigenvalue weighted by Crippen LogP contribution is -2.62. The van der Waals surface area contributed by atoms with Crippen LogP contribution in [-0.2, 0) is 25.7 Å². The Morgan fingerprint density at radius 2 is 2.13 bits per heavy atom. The van der Waals surface area contributed by atoms with Crippen LogP contribution in [0.5, 0.6) is 0 Å². The van der Waals surface area contributed by atoms with Gasteiger partial charge in [0.05, 0.1) is 30.0 Å². The summed E-state index contributed by atoms with van der Waals surface area (Å²) in [6.45, 7) is 3.71. The van der Waals surface area contributed by atoms with E-state index in [0.29, 0.717) is 13.2 Å². The van der Waals surface area contributed by atoms with Crippen molar-refractivity contribution >= 4 is 23.6 Å². The van der Waals surface area contributed by atoms with Crippen LogP contribution in [0.1, 0.15) is 18.4 Å². The molecule has 11 heteroatoms. The predicted molar refractivity (Wildman–Crippen MR) is 102 cm³/mol. The number of amides is 1. The summed E-state index contributed by atoms with van der Waals surface area (Å²) in [4.78, 5) is 27.4. The molecule has 3 fully saturated rings. The van der Waals surface area contributed by atoms with E-state index < -0.39 is 12.1 Å². The molecule has 0 saturated carbocycles. The lowest BCUT2D eigenvalue weighted by atomic mass is 9.91. The maximum atomic E-state index is 12.4. The van der Waals surface area contributed by atoms with Gasteiger partial charge in [-0.3, -0.25) is 9.78 Å². The summed E-state index contributed by atoms with van der Waals surface area (Å²) in [5, 5.41) is 7.12. The second-order valence-corrected chi connectivity index (χ2v) is 9.04. The highest BCUT2D eigenvalue weighted by Crippen LogP contribution is 2.46. The summed E-state index contributed by atoms with van der Waals surface area (Å²) < 4.78 is 43.3. The highest BCUT2D eigenvalue weighted by molar-refractivity contribution is 8.01. The van der Waals surface area contributed by atoms with Crippen LogP contribution in [0, 0.1) is 5.92 Å². The number of aromatic nitrogens is 1. The molecular formula is C19H23F3N2O5S. The smallest absolute Gasteiger partial charge is 0.475 e. The first-order valence-corrected chi connectivity index (χ1v) is 10.5. The SMILES string of the molecule is O=C(C1CCOC1)N1CC2(CC(OCc3cccnc3)CS2)C1.O=C(O)C(F)(F)F. The van der Waals surface area contributed by atoms with E-state index in [4.69, 9.17) is 19.4 Å². The molecule has 7 nitrogen and oxygen atoms in total. The fourth-order valence-corrected chi connectivity index (χ4v) is 5.17. The number of nitrogens with zero attached hydrogens (tertiary/aromatic N) is 2. The molecule has 1 spiro atoms. The number of aliphatic carboxylic acids is 1. The number of hydrogen-bond donors (Lipinski definition) is 1. The van der Waals surface area contributed by atoms with Crippen molar-refractivity contribution < 1.29 is 37.3 Å². The summed E-state index contributed by atoms with van der Waals surface area (Å²) in [5.41, 5.74) is 1.12. The van der Waals surface area contributed by atoms with Crippen molar-refractivity contribution in [1.82, 2.24) is 9.88 Å². The number of carboxylic acids is 1. The van der Waals surface area contributed by atoms with Crippen molar-refractivity contribution in [2.24, 2.45) is 5.92 Å².